The number of halogens is 1. The number of rotatable bonds is 9. The zero-order valence-electron chi connectivity index (χ0n) is 20.3. The minimum Gasteiger partial charge on any atom is -0.503 e. The number of aromatic hydroxyl groups is 1. The topological polar surface area (TPSA) is 75.8 Å². The average Bonchev–Trinajstić information content (AvgIpc) is 3.33. The summed E-state index contributed by atoms with van der Waals surface area (Å²) in [5.41, 5.74) is 6.86. The van der Waals surface area contributed by atoms with E-state index >= 15 is 0 Å². The van der Waals surface area contributed by atoms with E-state index in [0.29, 0.717) is 12.2 Å². The van der Waals surface area contributed by atoms with E-state index in [1.807, 2.05) is 60.7 Å². The smallest absolute Gasteiger partial charge is 0.232 e. The van der Waals surface area contributed by atoms with Gasteiger partial charge < -0.3 is 15.6 Å². The molecule has 0 radical (unpaired) electrons. The molecule has 5 nitrogen and oxygen atoms in total. The summed E-state index contributed by atoms with van der Waals surface area (Å²) in [5, 5.41) is 10.5. The Labute approximate surface area is 212 Å². The molecule has 3 N–H and O–H groups in total. The van der Waals surface area contributed by atoms with Crippen molar-refractivity contribution in [2.75, 3.05) is 13.1 Å². The van der Waals surface area contributed by atoms with Crippen molar-refractivity contribution in [3.8, 4) is 11.5 Å². The predicted octanol–water partition coefficient (Wildman–Crippen LogP) is 5.53. The Hall–Kier alpha value is -3.02. The molecule has 1 amide bonds. The lowest BCUT2D eigenvalue weighted by molar-refractivity contribution is -0.122. The van der Waals surface area contributed by atoms with Crippen molar-refractivity contribution in [3.63, 3.8) is 0 Å². The van der Waals surface area contributed by atoms with Crippen LogP contribution in [0.4, 0.5) is 0 Å². The van der Waals surface area contributed by atoms with Gasteiger partial charge in [0.15, 0.2) is 11.5 Å². The largest absolute Gasteiger partial charge is 0.503 e. The maximum atomic E-state index is 13.1. The number of phenolic OH excluding ortho intramolecular Hbond substituents is 1. The fraction of sp³-hybridized carbons (Fsp3) is 0.345. The molecule has 1 aliphatic rings. The van der Waals surface area contributed by atoms with Crippen LogP contribution in [-0.4, -0.2) is 40.6 Å². The normalized spacial score (nSPS) is 16.8. The van der Waals surface area contributed by atoms with Gasteiger partial charge in [0.1, 0.15) is 6.10 Å². The van der Waals surface area contributed by atoms with Crippen molar-refractivity contribution in [2.45, 2.75) is 50.2 Å². The van der Waals surface area contributed by atoms with Crippen molar-refractivity contribution in [1.82, 2.24) is 4.90 Å². The van der Waals surface area contributed by atoms with Gasteiger partial charge in [-0.2, -0.15) is 0 Å². The molecule has 1 aliphatic heterocycles. The fourth-order valence-electron chi connectivity index (χ4n) is 5.10. The van der Waals surface area contributed by atoms with Gasteiger partial charge in [0, 0.05) is 18.6 Å². The molecule has 3 aromatic rings. The second-order valence-corrected chi connectivity index (χ2v) is 10.3. The van der Waals surface area contributed by atoms with Crippen LogP contribution >= 0.6 is 11.6 Å². The molecule has 1 unspecified atom stereocenters. The molecule has 0 aromatic heterocycles. The molecule has 6 heteroatoms. The van der Waals surface area contributed by atoms with Gasteiger partial charge in [-0.05, 0) is 56.4 Å². The summed E-state index contributed by atoms with van der Waals surface area (Å²) in [7, 11) is 0. The second kappa shape index (κ2) is 10.3. The maximum Gasteiger partial charge on any atom is 0.232 e. The minimum atomic E-state index is -0.915. The molecule has 1 saturated heterocycles. The third-order valence-electron chi connectivity index (χ3n) is 7.31. The SMILES string of the molecule is CC(C)(CCC(C(N)=O)(c1ccccc1)c1ccccc1)N1CCC(Oc2cccc(Cl)c2O)C1. The average molecular weight is 493 g/mol. The van der Waals surface area contributed by atoms with Crippen molar-refractivity contribution in [2.24, 2.45) is 5.73 Å². The first-order valence-corrected chi connectivity index (χ1v) is 12.4. The van der Waals surface area contributed by atoms with E-state index in [4.69, 9.17) is 22.1 Å². The highest BCUT2D eigenvalue weighted by Gasteiger charge is 2.43. The highest BCUT2D eigenvalue weighted by molar-refractivity contribution is 6.32. The van der Waals surface area contributed by atoms with E-state index in [2.05, 4.69) is 18.7 Å². The molecular weight excluding hydrogens is 460 g/mol. The van der Waals surface area contributed by atoms with Crippen LogP contribution in [-0.2, 0) is 10.2 Å². The summed E-state index contributed by atoms with van der Waals surface area (Å²) in [6, 6.07) is 24.8. The van der Waals surface area contributed by atoms with Crippen LogP contribution in [0.5, 0.6) is 11.5 Å². The molecule has 0 aliphatic carbocycles. The van der Waals surface area contributed by atoms with Crippen LogP contribution in [0.15, 0.2) is 78.9 Å². The highest BCUT2D eigenvalue weighted by atomic mass is 35.5. The van der Waals surface area contributed by atoms with Gasteiger partial charge in [0.25, 0.3) is 0 Å². The quantitative estimate of drug-likeness (QED) is 0.412. The molecule has 0 saturated carbocycles. The van der Waals surface area contributed by atoms with Gasteiger partial charge in [-0.25, -0.2) is 0 Å². The van der Waals surface area contributed by atoms with E-state index in [1.54, 1.807) is 18.2 Å². The lowest BCUT2D eigenvalue weighted by atomic mass is 9.69. The van der Waals surface area contributed by atoms with Crippen LogP contribution in [0, 0.1) is 0 Å². The standard InChI is InChI=1S/C29H33ClN2O3/c1-28(2,32-19-16-23(20-32)35-25-15-9-14-24(30)26(25)33)17-18-29(27(31)34,21-10-5-3-6-11-21)22-12-7-4-8-13-22/h3-15,23,33H,16-20H2,1-2H3,(H2,31,34). The van der Waals surface area contributed by atoms with E-state index in [9.17, 15) is 9.90 Å². The molecule has 1 fully saturated rings. The van der Waals surface area contributed by atoms with Crippen molar-refractivity contribution in [3.05, 3.63) is 95.0 Å². The maximum absolute atomic E-state index is 13.1. The Morgan fingerprint density at radius 3 is 2.17 bits per heavy atom. The summed E-state index contributed by atoms with van der Waals surface area (Å²) in [5.74, 6) is 0.0386. The third-order valence-corrected chi connectivity index (χ3v) is 7.62. The number of phenols is 1. The van der Waals surface area contributed by atoms with Gasteiger partial charge in [0.05, 0.1) is 10.4 Å². The first-order valence-electron chi connectivity index (χ1n) is 12.0. The molecule has 184 valence electrons. The monoisotopic (exact) mass is 492 g/mol. The van der Waals surface area contributed by atoms with E-state index in [-0.39, 0.29) is 28.3 Å². The number of hydrogen-bond donors (Lipinski definition) is 2. The number of ether oxygens (including phenoxy) is 1. The van der Waals surface area contributed by atoms with Crippen LogP contribution in [0.25, 0.3) is 0 Å². The Morgan fingerprint density at radius 1 is 1.00 bits per heavy atom. The Bertz CT molecular complexity index is 1110. The molecule has 4 rings (SSSR count). The van der Waals surface area contributed by atoms with Gasteiger partial charge in [-0.15, -0.1) is 0 Å². The molecule has 3 aromatic carbocycles. The number of carbonyl (C=O) groups is 1. The second-order valence-electron chi connectivity index (χ2n) is 9.88. The Morgan fingerprint density at radius 2 is 1.60 bits per heavy atom. The minimum absolute atomic E-state index is 0.0242. The number of para-hydroxylation sites is 1. The van der Waals surface area contributed by atoms with E-state index < -0.39 is 5.41 Å². The third kappa shape index (κ3) is 5.16. The first-order chi connectivity index (χ1) is 16.7. The van der Waals surface area contributed by atoms with Gasteiger partial charge in [-0.3, -0.25) is 9.69 Å². The van der Waals surface area contributed by atoms with Crippen LogP contribution in [0.2, 0.25) is 5.02 Å². The summed E-state index contributed by atoms with van der Waals surface area (Å²) in [4.78, 5) is 15.5. The summed E-state index contributed by atoms with van der Waals surface area (Å²) < 4.78 is 6.08. The van der Waals surface area contributed by atoms with Crippen molar-refractivity contribution in [1.29, 1.82) is 0 Å². The van der Waals surface area contributed by atoms with Gasteiger partial charge in [-0.1, -0.05) is 78.3 Å². The van der Waals surface area contributed by atoms with Crippen LogP contribution < -0.4 is 10.5 Å². The van der Waals surface area contributed by atoms with E-state index in [0.717, 1.165) is 37.1 Å². The van der Waals surface area contributed by atoms with Crippen molar-refractivity contribution >= 4 is 17.5 Å². The van der Waals surface area contributed by atoms with Gasteiger partial charge in [0.2, 0.25) is 5.91 Å². The molecule has 35 heavy (non-hydrogen) atoms. The van der Waals surface area contributed by atoms with Crippen molar-refractivity contribution < 1.29 is 14.6 Å². The molecular formula is C29H33ClN2O3. The Kier molecular flexibility index (Phi) is 7.39. The number of nitrogens with zero attached hydrogens (tertiary/aromatic N) is 1. The van der Waals surface area contributed by atoms with Crippen LogP contribution in [0.1, 0.15) is 44.2 Å². The first kappa shape index (κ1) is 25.1. The molecule has 0 bridgehead atoms. The number of benzene rings is 3. The number of nitrogens with two attached hydrogens (primary N) is 1. The lowest BCUT2D eigenvalue weighted by Crippen LogP contribution is -2.47. The summed E-state index contributed by atoms with van der Waals surface area (Å²) >= 11 is 6.03. The number of primary amides is 1. The number of likely N-dealkylation sites (tertiary alicyclic amines) is 1. The number of hydrogen-bond acceptors (Lipinski definition) is 4. The van der Waals surface area contributed by atoms with Crippen LogP contribution in [0.3, 0.4) is 0 Å². The molecule has 1 heterocycles. The molecule has 0 spiro atoms. The number of carbonyl (C=O) groups excluding carboxylic acids is 1. The highest BCUT2D eigenvalue weighted by Crippen LogP contribution is 2.40. The predicted molar refractivity (Wildman–Crippen MR) is 140 cm³/mol. The van der Waals surface area contributed by atoms with Gasteiger partial charge >= 0.3 is 0 Å². The number of amides is 1. The zero-order chi connectivity index (χ0) is 25.1. The lowest BCUT2D eigenvalue weighted by Gasteiger charge is -2.40. The zero-order valence-corrected chi connectivity index (χ0v) is 21.0. The summed E-state index contributed by atoms with van der Waals surface area (Å²) in [6.45, 7) is 5.99. The summed E-state index contributed by atoms with van der Waals surface area (Å²) in [6.07, 6.45) is 2.13. The Balaban J connectivity index is 1.53. The molecule has 1 atom stereocenters. The van der Waals surface area contributed by atoms with E-state index in [1.165, 1.54) is 0 Å². The fourth-order valence-corrected chi connectivity index (χ4v) is 5.27.